The number of hydroxylamine groups is 1. The molecule has 1 aliphatic rings. The van der Waals surface area contributed by atoms with Gasteiger partial charge in [0.25, 0.3) is 15.9 Å². The van der Waals surface area contributed by atoms with Crippen LogP contribution in [0.3, 0.4) is 0 Å². The molecule has 1 amide bonds. The third-order valence-corrected chi connectivity index (χ3v) is 7.82. The quantitative estimate of drug-likeness (QED) is 0.191. The van der Waals surface area contributed by atoms with E-state index in [9.17, 15) is 13.2 Å². The standard InChI is InChI=1S/C24H21ClF2IN3O4S/c1-13-4-2-3-5-18(13)31-36(33,34)20-11-16(24(32)30-35-12-14-6-7-14)23(22(27)21(20)26)29-19-9-8-15(28)10-17(19)25/h2-5,8-11,14,29,31H,6-7,12H2,1H3,(H,30,32). The SMILES string of the molecule is Cc1ccccc1NS(=O)(=O)c1cc(C(=O)NOCC2CC2)c(Nc2ccc(I)cc2Cl)c(F)c1F. The number of rotatable bonds is 9. The fraction of sp³-hybridized carbons (Fsp3) is 0.208. The zero-order valence-corrected chi connectivity index (χ0v) is 22.6. The van der Waals surface area contributed by atoms with E-state index in [1.54, 1.807) is 37.3 Å². The van der Waals surface area contributed by atoms with Crippen LogP contribution in [0.5, 0.6) is 0 Å². The second kappa shape index (κ2) is 10.9. The van der Waals surface area contributed by atoms with Crippen molar-refractivity contribution in [2.24, 2.45) is 5.92 Å². The molecule has 190 valence electrons. The van der Waals surface area contributed by atoms with Crippen molar-refractivity contribution in [3.8, 4) is 0 Å². The molecule has 4 rings (SSSR count). The number of carbonyl (C=O) groups excluding carboxylic acids is 1. The number of halogens is 4. The normalized spacial score (nSPS) is 13.4. The molecule has 0 unspecified atom stereocenters. The van der Waals surface area contributed by atoms with Crippen LogP contribution in [-0.4, -0.2) is 20.9 Å². The second-order valence-corrected chi connectivity index (χ2v) is 11.6. The smallest absolute Gasteiger partial charge is 0.277 e. The Labute approximate surface area is 225 Å². The summed E-state index contributed by atoms with van der Waals surface area (Å²) in [5.74, 6) is -3.86. The minimum absolute atomic E-state index is 0.184. The lowest BCUT2D eigenvalue weighted by atomic mass is 10.1. The highest BCUT2D eigenvalue weighted by molar-refractivity contribution is 14.1. The molecule has 0 aliphatic heterocycles. The van der Waals surface area contributed by atoms with Gasteiger partial charge in [-0.25, -0.2) is 22.7 Å². The Morgan fingerprint density at radius 3 is 2.50 bits per heavy atom. The van der Waals surface area contributed by atoms with Gasteiger partial charge < -0.3 is 5.32 Å². The Balaban J connectivity index is 1.76. The summed E-state index contributed by atoms with van der Waals surface area (Å²) in [4.78, 5) is 17.1. The number of para-hydroxylation sites is 1. The van der Waals surface area contributed by atoms with Crippen molar-refractivity contribution in [1.29, 1.82) is 0 Å². The fourth-order valence-electron chi connectivity index (χ4n) is 3.28. The summed E-state index contributed by atoms with van der Waals surface area (Å²) in [6, 6.07) is 12.0. The lowest BCUT2D eigenvalue weighted by Crippen LogP contribution is -2.27. The van der Waals surface area contributed by atoms with Crippen molar-refractivity contribution in [2.45, 2.75) is 24.7 Å². The first-order chi connectivity index (χ1) is 17.1. The average Bonchev–Trinajstić information content (AvgIpc) is 3.64. The van der Waals surface area contributed by atoms with E-state index >= 15 is 8.78 Å². The number of benzene rings is 3. The Kier molecular flexibility index (Phi) is 8.03. The van der Waals surface area contributed by atoms with Gasteiger partial charge in [-0.15, -0.1) is 0 Å². The van der Waals surface area contributed by atoms with Crippen LogP contribution in [0.15, 0.2) is 53.4 Å². The molecule has 12 heteroatoms. The summed E-state index contributed by atoms with van der Waals surface area (Å²) in [5, 5.41) is 2.82. The van der Waals surface area contributed by atoms with Crippen molar-refractivity contribution >= 4 is 67.2 Å². The molecule has 0 spiro atoms. The van der Waals surface area contributed by atoms with Crippen molar-refractivity contribution < 1.29 is 26.8 Å². The largest absolute Gasteiger partial charge is 0.351 e. The number of sulfonamides is 1. The molecule has 0 aromatic heterocycles. The van der Waals surface area contributed by atoms with E-state index in [1.165, 1.54) is 12.1 Å². The molecule has 0 bridgehead atoms. The second-order valence-electron chi connectivity index (χ2n) is 8.28. The summed E-state index contributed by atoms with van der Waals surface area (Å²) in [6.45, 7) is 1.91. The van der Waals surface area contributed by atoms with Crippen molar-refractivity contribution in [3.05, 3.63) is 79.9 Å². The first-order valence-corrected chi connectivity index (χ1v) is 13.8. The first kappa shape index (κ1) is 26.6. The highest BCUT2D eigenvalue weighted by Gasteiger charge is 2.30. The number of hydrogen-bond donors (Lipinski definition) is 3. The van der Waals surface area contributed by atoms with Gasteiger partial charge in [0.1, 0.15) is 4.90 Å². The number of anilines is 3. The van der Waals surface area contributed by atoms with Crippen LogP contribution >= 0.6 is 34.2 Å². The monoisotopic (exact) mass is 647 g/mol. The van der Waals surface area contributed by atoms with Crippen LogP contribution in [0.25, 0.3) is 0 Å². The molecule has 1 aliphatic carbocycles. The van der Waals surface area contributed by atoms with E-state index in [4.69, 9.17) is 16.4 Å². The summed E-state index contributed by atoms with van der Waals surface area (Å²) in [5.41, 5.74) is 2.07. The van der Waals surface area contributed by atoms with Crippen LogP contribution in [0.2, 0.25) is 5.02 Å². The predicted octanol–water partition coefficient (Wildman–Crippen LogP) is 6.15. The molecular weight excluding hydrogens is 627 g/mol. The average molecular weight is 648 g/mol. The maximum absolute atomic E-state index is 15.4. The topological polar surface area (TPSA) is 96.5 Å². The van der Waals surface area contributed by atoms with Crippen molar-refractivity contribution in [1.82, 2.24) is 5.48 Å². The maximum Gasteiger partial charge on any atom is 0.277 e. The maximum atomic E-state index is 15.4. The summed E-state index contributed by atoms with van der Waals surface area (Å²) in [6.07, 6.45) is 1.93. The number of aryl methyl sites for hydroxylation is 1. The molecule has 0 saturated heterocycles. The third kappa shape index (κ3) is 6.07. The predicted molar refractivity (Wildman–Crippen MR) is 142 cm³/mol. The van der Waals surface area contributed by atoms with E-state index in [0.29, 0.717) is 11.5 Å². The Morgan fingerprint density at radius 2 is 1.83 bits per heavy atom. The molecule has 0 heterocycles. The van der Waals surface area contributed by atoms with E-state index in [1.807, 2.05) is 22.6 Å². The molecule has 0 radical (unpaired) electrons. The molecule has 1 saturated carbocycles. The van der Waals surface area contributed by atoms with Gasteiger partial charge in [0.2, 0.25) is 0 Å². The van der Waals surface area contributed by atoms with Gasteiger partial charge in [-0.2, -0.15) is 0 Å². The fourth-order valence-corrected chi connectivity index (χ4v) is 5.41. The van der Waals surface area contributed by atoms with Crippen LogP contribution < -0.4 is 15.5 Å². The van der Waals surface area contributed by atoms with Gasteiger partial charge in [0, 0.05) is 3.57 Å². The van der Waals surface area contributed by atoms with E-state index in [0.717, 1.165) is 22.5 Å². The van der Waals surface area contributed by atoms with Gasteiger partial charge in [0.05, 0.1) is 34.3 Å². The Morgan fingerprint density at radius 1 is 1.11 bits per heavy atom. The minimum Gasteiger partial charge on any atom is -0.351 e. The van der Waals surface area contributed by atoms with Gasteiger partial charge >= 0.3 is 0 Å². The molecule has 0 atom stereocenters. The lowest BCUT2D eigenvalue weighted by molar-refractivity contribution is 0.0270. The van der Waals surface area contributed by atoms with E-state index in [2.05, 4.69) is 15.5 Å². The molecule has 3 aromatic carbocycles. The number of carbonyl (C=O) groups is 1. The summed E-state index contributed by atoms with van der Waals surface area (Å²) >= 11 is 8.25. The van der Waals surface area contributed by atoms with E-state index < -0.39 is 43.7 Å². The minimum atomic E-state index is -4.61. The zero-order valence-electron chi connectivity index (χ0n) is 18.9. The molecule has 3 aromatic rings. The van der Waals surface area contributed by atoms with Gasteiger partial charge in [-0.05, 0) is 84.2 Å². The summed E-state index contributed by atoms with van der Waals surface area (Å²) in [7, 11) is -4.61. The Bertz CT molecular complexity index is 1440. The zero-order chi connectivity index (χ0) is 26.0. The van der Waals surface area contributed by atoms with E-state index in [-0.39, 0.29) is 23.0 Å². The third-order valence-electron chi connectivity index (χ3n) is 5.47. The van der Waals surface area contributed by atoms with Crippen LogP contribution in [0, 0.1) is 28.0 Å². The van der Waals surface area contributed by atoms with Crippen molar-refractivity contribution in [3.63, 3.8) is 0 Å². The van der Waals surface area contributed by atoms with Crippen molar-refractivity contribution in [2.75, 3.05) is 16.6 Å². The lowest BCUT2D eigenvalue weighted by Gasteiger charge is -2.18. The van der Waals surface area contributed by atoms with Crippen LogP contribution in [0.1, 0.15) is 28.8 Å². The molecule has 3 N–H and O–H groups in total. The summed E-state index contributed by atoms with van der Waals surface area (Å²) < 4.78 is 59.7. The van der Waals surface area contributed by atoms with Crippen LogP contribution in [-0.2, 0) is 14.9 Å². The molecule has 1 fully saturated rings. The molecule has 7 nitrogen and oxygen atoms in total. The number of amides is 1. The number of hydrogen-bond acceptors (Lipinski definition) is 5. The molecular formula is C24H21ClF2IN3O4S. The van der Waals surface area contributed by atoms with Gasteiger partial charge in [0.15, 0.2) is 11.6 Å². The molecule has 36 heavy (non-hydrogen) atoms. The van der Waals surface area contributed by atoms with Gasteiger partial charge in [-0.3, -0.25) is 14.4 Å². The highest BCUT2D eigenvalue weighted by Crippen LogP contribution is 2.35. The van der Waals surface area contributed by atoms with Crippen LogP contribution in [0.4, 0.5) is 25.8 Å². The number of nitrogens with one attached hydrogen (secondary N) is 3. The Hall–Kier alpha value is -2.48. The van der Waals surface area contributed by atoms with Gasteiger partial charge in [-0.1, -0.05) is 29.8 Å². The first-order valence-electron chi connectivity index (χ1n) is 10.8. The highest BCUT2D eigenvalue weighted by atomic mass is 127.